The standard InChI is InChI=1S/C12H12BrN5O2/c13-7-3-1-2-4-9(7)16-10(19)6-18-5-8(14)11(17-18)12(15)20/h1-5H,6,14H2,(H2,15,20)(H,16,19). The van der Waals surface area contributed by atoms with E-state index >= 15 is 0 Å². The molecule has 0 saturated heterocycles. The number of carbonyl (C=O) groups is 2. The third-order valence-electron chi connectivity index (χ3n) is 2.48. The predicted molar refractivity (Wildman–Crippen MR) is 77.9 cm³/mol. The quantitative estimate of drug-likeness (QED) is 0.770. The summed E-state index contributed by atoms with van der Waals surface area (Å²) >= 11 is 3.33. The van der Waals surface area contributed by atoms with Crippen molar-refractivity contribution in [2.24, 2.45) is 5.73 Å². The Labute approximate surface area is 123 Å². The van der Waals surface area contributed by atoms with Crippen molar-refractivity contribution >= 4 is 39.1 Å². The Balaban J connectivity index is 2.07. The van der Waals surface area contributed by atoms with Crippen molar-refractivity contribution in [2.75, 3.05) is 11.1 Å². The Morgan fingerprint density at radius 1 is 1.35 bits per heavy atom. The second kappa shape index (κ2) is 5.74. The predicted octanol–water partition coefficient (Wildman–Crippen LogP) is 0.965. The monoisotopic (exact) mass is 337 g/mol. The van der Waals surface area contributed by atoms with Crippen LogP contribution in [0.5, 0.6) is 0 Å². The number of rotatable bonds is 4. The highest BCUT2D eigenvalue weighted by atomic mass is 79.9. The summed E-state index contributed by atoms with van der Waals surface area (Å²) in [4.78, 5) is 22.9. The molecule has 0 aliphatic carbocycles. The fraction of sp³-hybridized carbons (Fsp3) is 0.0833. The van der Waals surface area contributed by atoms with Crippen LogP contribution < -0.4 is 16.8 Å². The van der Waals surface area contributed by atoms with Crippen LogP contribution in [0.2, 0.25) is 0 Å². The number of amides is 2. The van der Waals surface area contributed by atoms with Crippen molar-refractivity contribution < 1.29 is 9.59 Å². The number of nitrogens with one attached hydrogen (secondary N) is 1. The van der Waals surface area contributed by atoms with Gasteiger partial charge in [0.15, 0.2) is 5.69 Å². The molecule has 7 nitrogen and oxygen atoms in total. The highest BCUT2D eigenvalue weighted by molar-refractivity contribution is 9.10. The zero-order valence-electron chi connectivity index (χ0n) is 10.3. The van der Waals surface area contributed by atoms with Gasteiger partial charge in [0, 0.05) is 10.7 Å². The molecule has 8 heteroatoms. The number of hydrogen-bond acceptors (Lipinski definition) is 4. The summed E-state index contributed by atoms with van der Waals surface area (Å²) in [7, 11) is 0. The molecule has 104 valence electrons. The molecule has 5 N–H and O–H groups in total. The van der Waals surface area contributed by atoms with Gasteiger partial charge >= 0.3 is 0 Å². The molecule has 2 rings (SSSR count). The highest BCUT2D eigenvalue weighted by Gasteiger charge is 2.13. The lowest BCUT2D eigenvalue weighted by atomic mass is 10.3. The number of nitrogens with zero attached hydrogens (tertiary/aromatic N) is 2. The summed E-state index contributed by atoms with van der Waals surface area (Å²) in [6, 6.07) is 7.21. The van der Waals surface area contributed by atoms with E-state index in [1.165, 1.54) is 10.9 Å². The van der Waals surface area contributed by atoms with Crippen LogP contribution in [0.1, 0.15) is 10.5 Å². The molecule has 0 aliphatic rings. The molecule has 1 aromatic heterocycles. The zero-order chi connectivity index (χ0) is 14.7. The van der Waals surface area contributed by atoms with Crippen LogP contribution in [0.15, 0.2) is 34.9 Å². The minimum absolute atomic E-state index is 0.0429. The number of primary amides is 1. The van der Waals surface area contributed by atoms with Crippen molar-refractivity contribution in [3.63, 3.8) is 0 Å². The molecule has 0 radical (unpaired) electrons. The number of hydrogen-bond donors (Lipinski definition) is 3. The number of para-hydroxylation sites is 1. The van der Waals surface area contributed by atoms with E-state index in [-0.39, 0.29) is 23.8 Å². The molecule has 0 bridgehead atoms. The van der Waals surface area contributed by atoms with Crippen LogP contribution in [-0.4, -0.2) is 21.6 Å². The van der Waals surface area contributed by atoms with Crippen LogP contribution >= 0.6 is 15.9 Å². The van der Waals surface area contributed by atoms with E-state index in [0.717, 1.165) is 4.47 Å². The van der Waals surface area contributed by atoms with Gasteiger partial charge in [-0.05, 0) is 28.1 Å². The third-order valence-corrected chi connectivity index (χ3v) is 3.17. The first-order valence-electron chi connectivity index (χ1n) is 5.64. The molecule has 0 aliphatic heterocycles. The maximum Gasteiger partial charge on any atom is 0.271 e. The fourth-order valence-electron chi connectivity index (χ4n) is 1.61. The zero-order valence-corrected chi connectivity index (χ0v) is 11.9. The first kappa shape index (κ1) is 14.1. The Bertz CT molecular complexity index is 668. The molecular weight excluding hydrogens is 326 g/mol. The second-order valence-corrected chi connectivity index (χ2v) is 4.88. The summed E-state index contributed by atoms with van der Waals surface area (Å²) in [5, 5.41) is 6.57. The van der Waals surface area contributed by atoms with Crippen molar-refractivity contribution in [3.8, 4) is 0 Å². The van der Waals surface area contributed by atoms with Crippen LogP contribution in [-0.2, 0) is 11.3 Å². The van der Waals surface area contributed by atoms with E-state index in [9.17, 15) is 9.59 Å². The number of aromatic nitrogens is 2. The number of nitrogen functional groups attached to an aromatic ring is 1. The number of nitrogens with two attached hydrogens (primary N) is 2. The molecule has 0 spiro atoms. The van der Waals surface area contributed by atoms with Gasteiger partial charge in [-0.3, -0.25) is 14.3 Å². The van der Waals surface area contributed by atoms with Crippen molar-refractivity contribution in [1.29, 1.82) is 0 Å². The van der Waals surface area contributed by atoms with Gasteiger partial charge in [0.1, 0.15) is 6.54 Å². The van der Waals surface area contributed by atoms with Crippen LogP contribution in [0.4, 0.5) is 11.4 Å². The van der Waals surface area contributed by atoms with Gasteiger partial charge in [-0.1, -0.05) is 12.1 Å². The van der Waals surface area contributed by atoms with Gasteiger partial charge in [-0.25, -0.2) is 0 Å². The second-order valence-electron chi connectivity index (χ2n) is 4.02. The maximum atomic E-state index is 11.9. The van der Waals surface area contributed by atoms with E-state index in [1.807, 2.05) is 12.1 Å². The lowest BCUT2D eigenvalue weighted by Gasteiger charge is -2.06. The highest BCUT2D eigenvalue weighted by Crippen LogP contribution is 2.21. The van der Waals surface area contributed by atoms with E-state index in [1.54, 1.807) is 12.1 Å². The number of anilines is 2. The van der Waals surface area contributed by atoms with Crippen LogP contribution in [0.25, 0.3) is 0 Å². The minimum atomic E-state index is -0.729. The topological polar surface area (TPSA) is 116 Å². The average molecular weight is 338 g/mol. The number of carbonyl (C=O) groups excluding carboxylic acids is 2. The summed E-state index contributed by atoms with van der Waals surface area (Å²) in [5.41, 5.74) is 11.4. The first-order valence-corrected chi connectivity index (χ1v) is 6.44. The third kappa shape index (κ3) is 3.15. The minimum Gasteiger partial charge on any atom is -0.396 e. The molecule has 1 heterocycles. The molecule has 2 aromatic rings. The first-order chi connectivity index (χ1) is 9.47. The maximum absolute atomic E-state index is 11.9. The molecule has 0 saturated carbocycles. The summed E-state index contributed by atoms with van der Waals surface area (Å²) in [6.45, 7) is -0.0706. The van der Waals surface area contributed by atoms with Crippen molar-refractivity contribution in [1.82, 2.24) is 9.78 Å². The SMILES string of the molecule is NC(=O)c1nn(CC(=O)Nc2ccccc2Br)cc1N. The number of benzene rings is 1. The Morgan fingerprint density at radius 3 is 2.65 bits per heavy atom. The molecule has 0 fully saturated rings. The van der Waals surface area contributed by atoms with E-state index in [2.05, 4.69) is 26.3 Å². The van der Waals surface area contributed by atoms with Gasteiger partial charge in [0.05, 0.1) is 11.4 Å². The summed E-state index contributed by atoms with van der Waals surface area (Å²) in [6.07, 6.45) is 1.39. The molecule has 0 atom stereocenters. The smallest absolute Gasteiger partial charge is 0.271 e. The normalized spacial score (nSPS) is 10.2. The van der Waals surface area contributed by atoms with Gasteiger partial charge in [-0.15, -0.1) is 0 Å². The molecule has 0 unspecified atom stereocenters. The fourth-order valence-corrected chi connectivity index (χ4v) is 1.99. The average Bonchev–Trinajstić information content (AvgIpc) is 2.73. The summed E-state index contributed by atoms with van der Waals surface area (Å²) in [5.74, 6) is -1.03. The van der Waals surface area contributed by atoms with Crippen LogP contribution in [0.3, 0.4) is 0 Å². The van der Waals surface area contributed by atoms with E-state index < -0.39 is 5.91 Å². The summed E-state index contributed by atoms with van der Waals surface area (Å²) < 4.78 is 2.04. The molecule has 2 amide bonds. The van der Waals surface area contributed by atoms with Crippen molar-refractivity contribution in [2.45, 2.75) is 6.54 Å². The van der Waals surface area contributed by atoms with Gasteiger partial charge < -0.3 is 16.8 Å². The van der Waals surface area contributed by atoms with E-state index in [0.29, 0.717) is 5.69 Å². The Morgan fingerprint density at radius 2 is 2.05 bits per heavy atom. The molecule has 20 heavy (non-hydrogen) atoms. The van der Waals surface area contributed by atoms with E-state index in [4.69, 9.17) is 11.5 Å². The Kier molecular flexibility index (Phi) is 4.04. The number of halogens is 1. The lowest BCUT2D eigenvalue weighted by molar-refractivity contribution is -0.116. The van der Waals surface area contributed by atoms with Gasteiger partial charge in [-0.2, -0.15) is 5.10 Å². The van der Waals surface area contributed by atoms with Crippen molar-refractivity contribution in [3.05, 3.63) is 40.6 Å². The van der Waals surface area contributed by atoms with Crippen LogP contribution in [0, 0.1) is 0 Å². The molecular formula is C12H12BrN5O2. The largest absolute Gasteiger partial charge is 0.396 e. The Hall–Kier alpha value is -2.35. The van der Waals surface area contributed by atoms with Gasteiger partial charge in [0.25, 0.3) is 5.91 Å². The lowest BCUT2D eigenvalue weighted by Crippen LogP contribution is -2.20. The van der Waals surface area contributed by atoms with Gasteiger partial charge in [0.2, 0.25) is 5.91 Å². The molecule has 1 aromatic carbocycles.